The molecule has 0 N–H and O–H groups in total. The molecule has 0 saturated heterocycles. The first kappa shape index (κ1) is 13.1. The second-order valence-electron chi connectivity index (χ2n) is 3.37. The van der Waals surface area contributed by atoms with Crippen molar-refractivity contribution in [2.75, 3.05) is 14.2 Å². The molecule has 0 amide bonds. The van der Waals surface area contributed by atoms with Crippen molar-refractivity contribution in [3.8, 4) is 0 Å². The Morgan fingerprint density at radius 1 is 1.29 bits per heavy atom. The van der Waals surface area contributed by atoms with Crippen molar-refractivity contribution in [1.29, 1.82) is 0 Å². The van der Waals surface area contributed by atoms with Gasteiger partial charge in [0.25, 0.3) is 0 Å². The smallest absolute Gasteiger partial charge is 0.337 e. The van der Waals surface area contributed by atoms with Crippen molar-refractivity contribution in [2.45, 2.75) is 26.7 Å². The molecule has 82 valence electrons. The van der Waals surface area contributed by atoms with Gasteiger partial charge in [-0.15, -0.1) is 0 Å². The molecule has 0 aromatic rings. The quantitative estimate of drug-likeness (QED) is 0.373. The largest absolute Gasteiger partial charge is 0.407 e. The SMILES string of the molecule is C=C(CC(C)C)C(=O)OC(OC)OC. The molecule has 4 heteroatoms. The predicted molar refractivity (Wildman–Crippen MR) is 52.5 cm³/mol. The Balaban J connectivity index is 4.00. The van der Waals surface area contributed by atoms with Crippen molar-refractivity contribution in [3.05, 3.63) is 12.2 Å². The Morgan fingerprint density at radius 3 is 2.14 bits per heavy atom. The molecule has 0 bridgehead atoms. The van der Waals surface area contributed by atoms with E-state index in [0.717, 1.165) is 0 Å². The standard InChI is InChI=1S/C10H18O4/c1-7(2)6-8(3)9(11)14-10(12-4)13-5/h7,10H,3,6H2,1-2,4-5H3. The zero-order valence-electron chi connectivity index (χ0n) is 9.20. The van der Waals surface area contributed by atoms with E-state index in [1.54, 1.807) is 0 Å². The molecular weight excluding hydrogens is 184 g/mol. The van der Waals surface area contributed by atoms with Crippen LogP contribution in [-0.4, -0.2) is 26.7 Å². The van der Waals surface area contributed by atoms with E-state index >= 15 is 0 Å². The molecule has 0 saturated carbocycles. The lowest BCUT2D eigenvalue weighted by Crippen LogP contribution is -2.23. The number of ether oxygens (including phenoxy) is 3. The van der Waals surface area contributed by atoms with Crippen molar-refractivity contribution < 1.29 is 19.0 Å². The summed E-state index contributed by atoms with van der Waals surface area (Å²) in [5, 5.41) is 0. The molecule has 0 rings (SSSR count). The zero-order valence-corrected chi connectivity index (χ0v) is 9.20. The molecule has 0 aliphatic carbocycles. The van der Waals surface area contributed by atoms with E-state index in [0.29, 0.717) is 17.9 Å². The minimum atomic E-state index is -0.952. The highest BCUT2D eigenvalue weighted by atomic mass is 16.8. The molecule has 0 unspecified atom stereocenters. The second kappa shape index (κ2) is 6.56. The van der Waals surface area contributed by atoms with E-state index in [9.17, 15) is 4.79 Å². The highest BCUT2D eigenvalue weighted by Crippen LogP contribution is 2.11. The average molecular weight is 202 g/mol. The van der Waals surface area contributed by atoms with Crippen molar-refractivity contribution in [2.24, 2.45) is 5.92 Å². The Hall–Kier alpha value is -0.870. The topological polar surface area (TPSA) is 44.8 Å². The lowest BCUT2D eigenvalue weighted by Gasteiger charge is -2.15. The normalized spacial score (nSPS) is 10.7. The lowest BCUT2D eigenvalue weighted by atomic mass is 10.1. The summed E-state index contributed by atoms with van der Waals surface area (Å²) in [5.74, 6) is -0.106. The molecule has 0 fully saturated rings. The summed E-state index contributed by atoms with van der Waals surface area (Å²) in [6.07, 6.45) is 0.610. The molecule has 0 heterocycles. The lowest BCUT2D eigenvalue weighted by molar-refractivity contribution is -0.252. The third-order valence-electron chi connectivity index (χ3n) is 1.53. The summed E-state index contributed by atoms with van der Waals surface area (Å²) in [6.45, 7) is 6.68. The van der Waals surface area contributed by atoms with Gasteiger partial charge >= 0.3 is 12.4 Å². The van der Waals surface area contributed by atoms with Gasteiger partial charge in [0.2, 0.25) is 0 Å². The number of methoxy groups -OCH3 is 2. The van der Waals surface area contributed by atoms with Gasteiger partial charge in [-0.25, -0.2) is 4.79 Å². The van der Waals surface area contributed by atoms with Crippen molar-refractivity contribution in [3.63, 3.8) is 0 Å². The Morgan fingerprint density at radius 2 is 1.79 bits per heavy atom. The van der Waals surface area contributed by atoms with E-state index in [-0.39, 0.29) is 0 Å². The van der Waals surface area contributed by atoms with Crippen LogP contribution in [0.15, 0.2) is 12.2 Å². The fraction of sp³-hybridized carbons (Fsp3) is 0.700. The summed E-state index contributed by atoms with van der Waals surface area (Å²) in [4.78, 5) is 11.3. The van der Waals surface area contributed by atoms with Crippen molar-refractivity contribution in [1.82, 2.24) is 0 Å². The molecule has 0 spiro atoms. The monoisotopic (exact) mass is 202 g/mol. The highest BCUT2D eigenvalue weighted by molar-refractivity contribution is 5.87. The number of esters is 1. The Bertz CT molecular complexity index is 194. The first-order valence-corrected chi connectivity index (χ1v) is 4.45. The average Bonchev–Trinajstić information content (AvgIpc) is 2.12. The fourth-order valence-corrected chi connectivity index (χ4v) is 0.939. The number of hydrogen-bond donors (Lipinski definition) is 0. The first-order chi connectivity index (χ1) is 6.51. The van der Waals surface area contributed by atoms with Gasteiger partial charge in [0.1, 0.15) is 0 Å². The molecule has 4 nitrogen and oxygen atoms in total. The molecule has 14 heavy (non-hydrogen) atoms. The van der Waals surface area contributed by atoms with Crippen LogP contribution in [0.5, 0.6) is 0 Å². The van der Waals surface area contributed by atoms with Gasteiger partial charge in [0.05, 0.1) is 0 Å². The number of hydrogen-bond acceptors (Lipinski definition) is 4. The summed E-state index contributed by atoms with van der Waals surface area (Å²) in [5.41, 5.74) is 0.430. The van der Waals surface area contributed by atoms with Crippen LogP contribution < -0.4 is 0 Å². The minimum Gasteiger partial charge on any atom is -0.407 e. The van der Waals surface area contributed by atoms with Crippen LogP contribution in [0.1, 0.15) is 20.3 Å². The Labute approximate surface area is 84.8 Å². The maximum absolute atomic E-state index is 11.3. The maximum Gasteiger partial charge on any atom is 0.337 e. The van der Waals surface area contributed by atoms with Crippen LogP contribution in [-0.2, 0) is 19.0 Å². The minimum absolute atomic E-state index is 0.374. The van der Waals surface area contributed by atoms with E-state index < -0.39 is 12.4 Å². The summed E-state index contributed by atoms with van der Waals surface area (Å²) in [6, 6.07) is 0. The van der Waals surface area contributed by atoms with Crippen LogP contribution in [0.4, 0.5) is 0 Å². The molecule has 0 aromatic heterocycles. The van der Waals surface area contributed by atoms with Gasteiger partial charge in [-0.2, -0.15) is 0 Å². The fourth-order valence-electron chi connectivity index (χ4n) is 0.939. The zero-order chi connectivity index (χ0) is 11.1. The maximum atomic E-state index is 11.3. The summed E-state index contributed by atoms with van der Waals surface area (Å²) in [7, 11) is 2.79. The van der Waals surface area contributed by atoms with Gasteiger partial charge in [-0.1, -0.05) is 20.4 Å². The Kier molecular flexibility index (Phi) is 6.16. The molecule has 0 aliphatic heterocycles. The molecule has 0 aromatic carbocycles. The van der Waals surface area contributed by atoms with Crippen LogP contribution >= 0.6 is 0 Å². The van der Waals surface area contributed by atoms with E-state index in [2.05, 4.69) is 6.58 Å². The second-order valence-corrected chi connectivity index (χ2v) is 3.37. The number of rotatable bonds is 6. The first-order valence-electron chi connectivity index (χ1n) is 4.45. The number of carbonyl (C=O) groups excluding carboxylic acids is 1. The molecule has 0 aliphatic rings. The van der Waals surface area contributed by atoms with Crippen LogP contribution in [0, 0.1) is 5.92 Å². The molecular formula is C10H18O4. The summed E-state index contributed by atoms with van der Waals surface area (Å²) < 4.78 is 14.3. The predicted octanol–water partition coefficient (Wildman–Crippen LogP) is 1.71. The third kappa shape index (κ3) is 4.99. The van der Waals surface area contributed by atoms with E-state index in [1.165, 1.54) is 14.2 Å². The van der Waals surface area contributed by atoms with Crippen LogP contribution in [0.25, 0.3) is 0 Å². The van der Waals surface area contributed by atoms with Gasteiger partial charge in [0.15, 0.2) is 0 Å². The van der Waals surface area contributed by atoms with Gasteiger partial charge in [-0.05, 0) is 12.3 Å². The van der Waals surface area contributed by atoms with Gasteiger partial charge in [0, 0.05) is 19.8 Å². The van der Waals surface area contributed by atoms with Gasteiger partial charge < -0.3 is 14.2 Å². The van der Waals surface area contributed by atoms with E-state index in [4.69, 9.17) is 14.2 Å². The van der Waals surface area contributed by atoms with Crippen LogP contribution in [0.2, 0.25) is 0 Å². The number of carbonyl (C=O) groups is 1. The van der Waals surface area contributed by atoms with Crippen LogP contribution in [0.3, 0.4) is 0 Å². The highest BCUT2D eigenvalue weighted by Gasteiger charge is 2.15. The molecule has 0 radical (unpaired) electrons. The third-order valence-corrected chi connectivity index (χ3v) is 1.53. The van der Waals surface area contributed by atoms with E-state index in [1.807, 2.05) is 13.8 Å². The molecule has 0 atom stereocenters. The van der Waals surface area contributed by atoms with Gasteiger partial charge in [-0.3, -0.25) is 0 Å². The summed E-state index contributed by atoms with van der Waals surface area (Å²) >= 11 is 0. The van der Waals surface area contributed by atoms with Crippen molar-refractivity contribution >= 4 is 5.97 Å².